The summed E-state index contributed by atoms with van der Waals surface area (Å²) in [6.07, 6.45) is 2.59. The Kier molecular flexibility index (Phi) is 3.34. The number of anilines is 1. The Labute approximate surface area is 140 Å². The van der Waals surface area contributed by atoms with Crippen molar-refractivity contribution in [3.05, 3.63) is 76.9 Å². The van der Waals surface area contributed by atoms with Crippen LogP contribution >= 0.6 is 0 Å². The van der Waals surface area contributed by atoms with Gasteiger partial charge in [0, 0.05) is 23.2 Å². The maximum absolute atomic E-state index is 5.84. The van der Waals surface area contributed by atoms with Gasteiger partial charge in [-0.15, -0.1) is 0 Å². The number of aromatic nitrogens is 2. The molecule has 2 aromatic carbocycles. The standard InChI is InChI=1S/C19H18N4O/c1-12-11-21-18-9-14-5-8-16(24-2)10-17(14)19(22-23(12)18)13-3-6-15(20)7-4-13/h3-8,10-11H,9,20H2,1-2H3. The second-order valence-corrected chi connectivity index (χ2v) is 5.90. The van der Waals surface area contributed by atoms with Crippen LogP contribution in [0.3, 0.4) is 0 Å². The van der Waals surface area contributed by atoms with Crippen molar-refractivity contribution >= 4 is 11.4 Å². The molecule has 1 aliphatic heterocycles. The lowest BCUT2D eigenvalue weighted by Crippen LogP contribution is -2.08. The van der Waals surface area contributed by atoms with Gasteiger partial charge in [0.2, 0.25) is 0 Å². The molecule has 24 heavy (non-hydrogen) atoms. The van der Waals surface area contributed by atoms with Crippen LogP contribution in [0.5, 0.6) is 5.75 Å². The normalized spacial score (nSPS) is 12.8. The second kappa shape index (κ2) is 5.53. The summed E-state index contributed by atoms with van der Waals surface area (Å²) in [5.74, 6) is 1.75. The van der Waals surface area contributed by atoms with Gasteiger partial charge in [0.1, 0.15) is 11.6 Å². The lowest BCUT2D eigenvalue weighted by atomic mass is 9.95. The van der Waals surface area contributed by atoms with E-state index < -0.39 is 0 Å². The molecule has 0 amide bonds. The number of nitrogen functional groups attached to an aromatic ring is 1. The topological polar surface area (TPSA) is 65.4 Å². The summed E-state index contributed by atoms with van der Waals surface area (Å²) in [4.78, 5) is 4.50. The van der Waals surface area contributed by atoms with Crippen molar-refractivity contribution in [1.29, 1.82) is 0 Å². The first-order valence-electron chi connectivity index (χ1n) is 7.81. The van der Waals surface area contributed by atoms with Gasteiger partial charge in [-0.05, 0) is 36.8 Å². The van der Waals surface area contributed by atoms with Gasteiger partial charge in [-0.1, -0.05) is 18.2 Å². The maximum atomic E-state index is 5.84. The minimum absolute atomic E-state index is 0.731. The molecule has 0 aliphatic carbocycles. The van der Waals surface area contributed by atoms with Crippen LogP contribution in [0, 0.1) is 6.92 Å². The van der Waals surface area contributed by atoms with Crippen LogP contribution in [0.15, 0.2) is 53.8 Å². The Morgan fingerprint density at radius 3 is 2.67 bits per heavy atom. The number of nitrogens with two attached hydrogens (primary N) is 1. The fourth-order valence-electron chi connectivity index (χ4n) is 2.97. The van der Waals surface area contributed by atoms with Crippen molar-refractivity contribution < 1.29 is 4.74 Å². The van der Waals surface area contributed by atoms with Crippen LogP contribution in [-0.4, -0.2) is 22.5 Å². The molecule has 120 valence electrons. The van der Waals surface area contributed by atoms with Gasteiger partial charge in [-0.2, -0.15) is 5.10 Å². The van der Waals surface area contributed by atoms with Crippen molar-refractivity contribution in [2.45, 2.75) is 13.3 Å². The van der Waals surface area contributed by atoms with Gasteiger partial charge >= 0.3 is 0 Å². The minimum Gasteiger partial charge on any atom is -0.497 e. The molecule has 2 heterocycles. The number of hydrogen-bond acceptors (Lipinski definition) is 4. The van der Waals surface area contributed by atoms with Gasteiger partial charge in [0.25, 0.3) is 0 Å². The first-order valence-corrected chi connectivity index (χ1v) is 7.81. The SMILES string of the molecule is COc1ccc2c(c1)C(c1ccc(N)cc1)=Nn1c(C)cnc1C2. The maximum Gasteiger partial charge on any atom is 0.134 e. The number of methoxy groups -OCH3 is 1. The van der Waals surface area contributed by atoms with Crippen molar-refractivity contribution in [2.24, 2.45) is 5.10 Å². The van der Waals surface area contributed by atoms with Crippen LogP contribution < -0.4 is 10.5 Å². The molecule has 0 saturated heterocycles. The van der Waals surface area contributed by atoms with Gasteiger partial charge in [-0.25, -0.2) is 9.66 Å². The quantitative estimate of drug-likeness (QED) is 0.578. The monoisotopic (exact) mass is 318 g/mol. The van der Waals surface area contributed by atoms with Gasteiger partial charge < -0.3 is 10.5 Å². The summed E-state index contributed by atoms with van der Waals surface area (Å²) in [7, 11) is 1.67. The Morgan fingerprint density at radius 1 is 1.12 bits per heavy atom. The molecule has 4 rings (SSSR count). The van der Waals surface area contributed by atoms with Crippen LogP contribution in [0.2, 0.25) is 0 Å². The fourth-order valence-corrected chi connectivity index (χ4v) is 2.97. The number of ether oxygens (including phenoxy) is 1. The van der Waals surface area contributed by atoms with Crippen molar-refractivity contribution in [1.82, 2.24) is 9.66 Å². The average molecular weight is 318 g/mol. The van der Waals surface area contributed by atoms with Crippen molar-refractivity contribution in [2.75, 3.05) is 12.8 Å². The lowest BCUT2D eigenvalue weighted by molar-refractivity contribution is 0.414. The molecular weight excluding hydrogens is 300 g/mol. The number of fused-ring (bicyclic) bond motifs is 2. The first-order chi connectivity index (χ1) is 11.7. The van der Waals surface area contributed by atoms with E-state index in [1.807, 2.05) is 54.2 Å². The zero-order chi connectivity index (χ0) is 16.7. The molecule has 5 heteroatoms. The number of nitrogens with zero attached hydrogens (tertiary/aromatic N) is 3. The van der Waals surface area contributed by atoms with Crippen LogP contribution in [0.4, 0.5) is 5.69 Å². The third kappa shape index (κ3) is 2.34. The van der Waals surface area contributed by atoms with E-state index in [1.165, 1.54) is 5.56 Å². The number of benzene rings is 2. The molecule has 0 unspecified atom stereocenters. The fraction of sp³-hybridized carbons (Fsp3) is 0.158. The summed E-state index contributed by atoms with van der Waals surface area (Å²) >= 11 is 0. The highest BCUT2D eigenvalue weighted by Crippen LogP contribution is 2.27. The van der Waals surface area contributed by atoms with Gasteiger partial charge in [0.15, 0.2) is 0 Å². The summed E-state index contributed by atoms with van der Waals surface area (Å²) in [6.45, 7) is 2.01. The third-order valence-electron chi connectivity index (χ3n) is 4.28. The number of imidazole rings is 1. The largest absolute Gasteiger partial charge is 0.497 e. The molecule has 3 aromatic rings. The number of aryl methyl sites for hydroxylation is 1. The molecule has 0 bridgehead atoms. The van der Waals surface area contributed by atoms with E-state index >= 15 is 0 Å². The Balaban J connectivity index is 1.98. The van der Waals surface area contributed by atoms with E-state index in [-0.39, 0.29) is 0 Å². The number of hydrogen-bond donors (Lipinski definition) is 1. The van der Waals surface area contributed by atoms with E-state index in [1.54, 1.807) is 7.11 Å². The third-order valence-corrected chi connectivity index (χ3v) is 4.28. The summed E-state index contributed by atoms with van der Waals surface area (Å²) in [5.41, 5.74) is 11.7. The molecule has 1 aromatic heterocycles. The van der Waals surface area contributed by atoms with Crippen LogP contribution in [0.25, 0.3) is 0 Å². The van der Waals surface area contributed by atoms with E-state index in [2.05, 4.69) is 11.1 Å². The molecule has 0 atom stereocenters. The molecule has 0 spiro atoms. The number of rotatable bonds is 2. The predicted molar refractivity (Wildman–Crippen MR) is 94.7 cm³/mol. The first kappa shape index (κ1) is 14.5. The summed E-state index contributed by atoms with van der Waals surface area (Å²) < 4.78 is 7.32. The molecule has 0 fully saturated rings. The van der Waals surface area contributed by atoms with E-state index in [4.69, 9.17) is 15.6 Å². The van der Waals surface area contributed by atoms with Crippen LogP contribution in [-0.2, 0) is 6.42 Å². The van der Waals surface area contributed by atoms with E-state index in [9.17, 15) is 0 Å². The van der Waals surface area contributed by atoms with E-state index in [0.717, 1.165) is 46.2 Å². The van der Waals surface area contributed by atoms with Crippen molar-refractivity contribution in [3.63, 3.8) is 0 Å². The molecule has 0 saturated carbocycles. The molecule has 0 radical (unpaired) electrons. The molecule has 2 N–H and O–H groups in total. The highest BCUT2D eigenvalue weighted by molar-refractivity contribution is 6.14. The van der Waals surface area contributed by atoms with Gasteiger partial charge in [0.05, 0.1) is 24.7 Å². The van der Waals surface area contributed by atoms with Crippen LogP contribution in [0.1, 0.15) is 28.2 Å². The van der Waals surface area contributed by atoms with Crippen molar-refractivity contribution in [3.8, 4) is 5.75 Å². The average Bonchev–Trinajstić information content (AvgIpc) is 2.85. The van der Waals surface area contributed by atoms with Gasteiger partial charge in [-0.3, -0.25) is 0 Å². The Hall–Kier alpha value is -3.08. The zero-order valence-electron chi connectivity index (χ0n) is 13.7. The Morgan fingerprint density at radius 2 is 1.92 bits per heavy atom. The lowest BCUT2D eigenvalue weighted by Gasteiger charge is -2.11. The Bertz CT molecular complexity index is 939. The van der Waals surface area contributed by atoms with E-state index in [0.29, 0.717) is 0 Å². The minimum atomic E-state index is 0.731. The molecule has 1 aliphatic rings. The summed E-state index contributed by atoms with van der Waals surface area (Å²) in [5, 5.41) is 4.89. The molecular formula is C19H18N4O. The predicted octanol–water partition coefficient (Wildman–Crippen LogP) is 2.99. The summed E-state index contributed by atoms with van der Waals surface area (Å²) in [6, 6.07) is 13.9. The smallest absolute Gasteiger partial charge is 0.134 e. The highest BCUT2D eigenvalue weighted by atomic mass is 16.5. The second-order valence-electron chi connectivity index (χ2n) is 5.90. The highest BCUT2D eigenvalue weighted by Gasteiger charge is 2.20. The molecule has 5 nitrogen and oxygen atoms in total. The zero-order valence-corrected chi connectivity index (χ0v) is 13.7.